The van der Waals surface area contributed by atoms with Gasteiger partial charge in [0.2, 0.25) is 0 Å². The number of hydrogen-bond donors (Lipinski definition) is 1. The Morgan fingerprint density at radius 1 is 1.22 bits per heavy atom. The van der Waals surface area contributed by atoms with Gasteiger partial charge in [-0.05, 0) is 42.4 Å². The second-order valence-electron chi connectivity index (χ2n) is 4.37. The lowest BCUT2D eigenvalue weighted by atomic mass is 10.2. The van der Waals surface area contributed by atoms with Crippen molar-refractivity contribution in [2.45, 2.75) is 6.42 Å². The highest BCUT2D eigenvalue weighted by Crippen LogP contribution is 2.15. The lowest BCUT2D eigenvalue weighted by Crippen LogP contribution is -2.37. The smallest absolute Gasteiger partial charge is 0.108 e. The van der Waals surface area contributed by atoms with Crippen LogP contribution >= 0.6 is 0 Å². The molecule has 0 aliphatic carbocycles. The van der Waals surface area contributed by atoms with E-state index < -0.39 is 0 Å². The van der Waals surface area contributed by atoms with Gasteiger partial charge in [-0.15, -0.1) is 4.91 Å². The van der Waals surface area contributed by atoms with Crippen molar-refractivity contribution >= 4 is 11.4 Å². The Bertz CT molecular complexity index is 361. The maximum Gasteiger partial charge on any atom is 0.108 e. The maximum atomic E-state index is 10.3. The molecule has 1 aliphatic rings. The molecule has 1 heterocycles. The van der Waals surface area contributed by atoms with Gasteiger partial charge in [0.25, 0.3) is 0 Å². The first-order valence-electron chi connectivity index (χ1n) is 6.36. The predicted molar refractivity (Wildman–Crippen MR) is 72.3 cm³/mol. The third-order valence-electron chi connectivity index (χ3n) is 3.06. The minimum absolute atomic E-state index is 0.467. The van der Waals surface area contributed by atoms with Crippen molar-refractivity contribution in [3.05, 3.63) is 29.2 Å². The average molecular weight is 249 g/mol. The van der Waals surface area contributed by atoms with Crippen LogP contribution in [0.3, 0.4) is 0 Å². The van der Waals surface area contributed by atoms with Crippen molar-refractivity contribution in [3.8, 4) is 0 Å². The molecule has 1 aliphatic heterocycles. The molecule has 0 spiro atoms. The predicted octanol–water partition coefficient (Wildman–Crippen LogP) is 2.22. The molecule has 0 aromatic heterocycles. The number of ether oxygens (including phenoxy) is 1. The van der Waals surface area contributed by atoms with Crippen LogP contribution in [0.1, 0.15) is 6.42 Å². The minimum atomic E-state index is 0.467. The lowest BCUT2D eigenvalue weighted by Gasteiger charge is -2.26. The molecule has 98 valence electrons. The van der Waals surface area contributed by atoms with Gasteiger partial charge in [0.05, 0.1) is 13.2 Å². The van der Waals surface area contributed by atoms with E-state index in [1.165, 1.54) is 0 Å². The van der Waals surface area contributed by atoms with Gasteiger partial charge in [-0.25, -0.2) is 0 Å². The Morgan fingerprint density at radius 3 is 2.61 bits per heavy atom. The monoisotopic (exact) mass is 249 g/mol. The largest absolute Gasteiger partial charge is 0.385 e. The third-order valence-corrected chi connectivity index (χ3v) is 3.06. The summed E-state index contributed by atoms with van der Waals surface area (Å²) in [5, 5.41) is 6.21. The SMILES string of the molecule is O=Nc1ccc(NCCCN2CCOCC2)cc1. The second-order valence-corrected chi connectivity index (χ2v) is 4.37. The van der Waals surface area contributed by atoms with E-state index in [0.29, 0.717) is 5.69 Å². The van der Waals surface area contributed by atoms with Crippen LogP contribution in [0.4, 0.5) is 11.4 Å². The molecule has 0 saturated carbocycles. The first-order chi connectivity index (χ1) is 8.88. The van der Waals surface area contributed by atoms with E-state index in [9.17, 15) is 4.91 Å². The number of hydrogen-bond acceptors (Lipinski definition) is 5. The highest BCUT2D eigenvalue weighted by atomic mass is 16.5. The van der Waals surface area contributed by atoms with Crippen LogP contribution in [0.5, 0.6) is 0 Å². The molecular formula is C13H19N3O2. The van der Waals surface area contributed by atoms with Gasteiger partial charge in [-0.2, -0.15) is 0 Å². The van der Waals surface area contributed by atoms with Crippen molar-refractivity contribution < 1.29 is 4.74 Å². The molecule has 0 amide bonds. The molecule has 0 atom stereocenters. The molecule has 0 radical (unpaired) electrons. The van der Waals surface area contributed by atoms with Crippen LogP contribution in [0.15, 0.2) is 29.4 Å². The standard InChI is InChI=1S/C13H19N3O2/c17-15-13-4-2-12(3-5-13)14-6-1-7-16-8-10-18-11-9-16/h2-5,14H,1,6-11H2. The van der Waals surface area contributed by atoms with E-state index in [4.69, 9.17) is 4.74 Å². The molecule has 5 heteroatoms. The molecular weight excluding hydrogens is 230 g/mol. The summed E-state index contributed by atoms with van der Waals surface area (Å²) >= 11 is 0. The van der Waals surface area contributed by atoms with Crippen LogP contribution in [-0.2, 0) is 4.74 Å². The Labute approximate surface area is 107 Å². The molecule has 1 saturated heterocycles. The number of nitrogens with one attached hydrogen (secondary N) is 1. The van der Waals surface area contributed by atoms with Crippen LogP contribution in [0.25, 0.3) is 0 Å². The summed E-state index contributed by atoms with van der Waals surface area (Å²) in [5.41, 5.74) is 1.50. The normalized spacial score (nSPS) is 16.4. The Balaban J connectivity index is 1.63. The van der Waals surface area contributed by atoms with Gasteiger partial charge < -0.3 is 10.1 Å². The number of nitroso groups, excluding NO2 is 1. The van der Waals surface area contributed by atoms with E-state index in [2.05, 4.69) is 15.4 Å². The van der Waals surface area contributed by atoms with E-state index in [1.807, 2.05) is 12.1 Å². The second kappa shape index (κ2) is 7.08. The summed E-state index contributed by atoms with van der Waals surface area (Å²) in [4.78, 5) is 12.7. The van der Waals surface area contributed by atoms with Crippen LogP contribution < -0.4 is 5.32 Å². The third kappa shape index (κ3) is 4.09. The first-order valence-corrected chi connectivity index (χ1v) is 6.36. The summed E-state index contributed by atoms with van der Waals surface area (Å²) in [6, 6.07) is 7.20. The summed E-state index contributed by atoms with van der Waals surface area (Å²) in [6.45, 7) is 5.83. The number of benzene rings is 1. The fraction of sp³-hybridized carbons (Fsp3) is 0.538. The summed E-state index contributed by atoms with van der Waals surface area (Å²) < 4.78 is 5.31. The molecule has 2 rings (SSSR count). The average Bonchev–Trinajstić information content (AvgIpc) is 2.45. The summed E-state index contributed by atoms with van der Waals surface area (Å²) in [7, 11) is 0. The number of anilines is 1. The quantitative estimate of drug-likeness (QED) is 0.620. The van der Waals surface area contributed by atoms with Gasteiger partial charge in [-0.3, -0.25) is 4.90 Å². The Hall–Kier alpha value is -1.46. The van der Waals surface area contributed by atoms with Crippen molar-refractivity contribution in [2.75, 3.05) is 44.7 Å². The van der Waals surface area contributed by atoms with Crippen molar-refractivity contribution in [3.63, 3.8) is 0 Å². The van der Waals surface area contributed by atoms with Gasteiger partial charge in [0.1, 0.15) is 5.69 Å². The summed E-state index contributed by atoms with van der Waals surface area (Å²) in [6.07, 6.45) is 1.10. The number of morpholine rings is 1. The number of rotatable bonds is 6. The van der Waals surface area contributed by atoms with Gasteiger partial charge in [0, 0.05) is 25.3 Å². The fourth-order valence-corrected chi connectivity index (χ4v) is 2.00. The van der Waals surface area contributed by atoms with E-state index in [0.717, 1.165) is 51.5 Å². The topological polar surface area (TPSA) is 53.9 Å². The van der Waals surface area contributed by atoms with Gasteiger partial charge in [0.15, 0.2) is 0 Å². The van der Waals surface area contributed by atoms with Crippen molar-refractivity contribution in [1.29, 1.82) is 0 Å². The summed E-state index contributed by atoms with van der Waals surface area (Å²) in [5.74, 6) is 0. The van der Waals surface area contributed by atoms with E-state index in [-0.39, 0.29) is 0 Å². The molecule has 1 aromatic rings. The first kappa shape index (κ1) is 13.0. The van der Waals surface area contributed by atoms with E-state index >= 15 is 0 Å². The van der Waals surface area contributed by atoms with Crippen molar-refractivity contribution in [1.82, 2.24) is 4.90 Å². The van der Waals surface area contributed by atoms with Gasteiger partial charge in [-0.1, -0.05) is 0 Å². The molecule has 5 nitrogen and oxygen atoms in total. The molecule has 18 heavy (non-hydrogen) atoms. The zero-order valence-electron chi connectivity index (χ0n) is 10.5. The highest BCUT2D eigenvalue weighted by Gasteiger charge is 2.08. The fourth-order valence-electron chi connectivity index (χ4n) is 2.00. The van der Waals surface area contributed by atoms with Crippen LogP contribution in [-0.4, -0.2) is 44.3 Å². The number of nitrogens with zero attached hydrogens (tertiary/aromatic N) is 2. The van der Waals surface area contributed by atoms with Crippen LogP contribution in [0.2, 0.25) is 0 Å². The molecule has 1 aromatic carbocycles. The minimum Gasteiger partial charge on any atom is -0.385 e. The zero-order valence-corrected chi connectivity index (χ0v) is 10.5. The lowest BCUT2D eigenvalue weighted by molar-refractivity contribution is 0.0378. The van der Waals surface area contributed by atoms with Gasteiger partial charge >= 0.3 is 0 Å². The molecule has 1 N–H and O–H groups in total. The van der Waals surface area contributed by atoms with Crippen molar-refractivity contribution in [2.24, 2.45) is 5.18 Å². The maximum absolute atomic E-state index is 10.3. The molecule has 1 fully saturated rings. The zero-order chi connectivity index (χ0) is 12.6. The Kier molecular flexibility index (Phi) is 5.11. The van der Waals surface area contributed by atoms with Crippen LogP contribution in [0, 0.1) is 4.91 Å². The highest BCUT2D eigenvalue weighted by molar-refractivity contribution is 5.50. The molecule has 0 bridgehead atoms. The Morgan fingerprint density at radius 2 is 1.94 bits per heavy atom. The molecule has 0 unspecified atom stereocenters. The van der Waals surface area contributed by atoms with E-state index in [1.54, 1.807) is 12.1 Å².